The first kappa shape index (κ1) is 16.0. The van der Waals surface area contributed by atoms with Gasteiger partial charge in [-0.1, -0.05) is 0 Å². The van der Waals surface area contributed by atoms with Crippen LogP contribution in [0.25, 0.3) is 0 Å². The Balaban J connectivity index is 2.45. The van der Waals surface area contributed by atoms with Crippen LogP contribution in [0.1, 0.15) is 25.2 Å². The lowest BCUT2D eigenvalue weighted by Crippen LogP contribution is -2.52. The maximum absolute atomic E-state index is 12.0. The zero-order valence-electron chi connectivity index (χ0n) is 12.4. The number of aryl methyl sites for hydroxylation is 1. The van der Waals surface area contributed by atoms with Crippen molar-refractivity contribution in [1.82, 2.24) is 14.9 Å². The molecule has 1 atom stereocenters. The molecule has 0 saturated heterocycles. The number of hydrogen-bond acceptors (Lipinski definition) is 4. The maximum Gasteiger partial charge on any atom is 0.238 e. The molecule has 1 rings (SSSR count). The number of nitrogens with one attached hydrogen (secondary N) is 1. The van der Waals surface area contributed by atoms with Gasteiger partial charge in [-0.25, -0.2) is 4.98 Å². The Kier molecular flexibility index (Phi) is 5.43. The first-order chi connectivity index (χ1) is 8.79. The summed E-state index contributed by atoms with van der Waals surface area (Å²) in [4.78, 5) is 16.2. The highest BCUT2D eigenvalue weighted by atomic mass is 32.2. The molecule has 1 amide bonds. The van der Waals surface area contributed by atoms with Crippen LogP contribution in [0.4, 0.5) is 0 Å². The predicted molar refractivity (Wildman–Crippen MR) is 80.3 cm³/mol. The molecule has 0 aromatic carbocycles. The van der Waals surface area contributed by atoms with E-state index >= 15 is 0 Å². The van der Waals surface area contributed by atoms with Crippen molar-refractivity contribution in [2.75, 3.05) is 12.8 Å². The van der Waals surface area contributed by atoms with Gasteiger partial charge in [0.05, 0.1) is 18.1 Å². The molecule has 0 aliphatic rings. The van der Waals surface area contributed by atoms with Crippen LogP contribution in [0.3, 0.4) is 0 Å². The SMILES string of the molecule is CSC(C)(C)[C@H](N)C(=O)NCCn1cnc(C)c1C. The van der Waals surface area contributed by atoms with Crippen molar-refractivity contribution < 1.29 is 4.79 Å². The Bertz CT molecular complexity index is 442. The second kappa shape index (κ2) is 6.43. The Morgan fingerprint density at radius 2 is 2.21 bits per heavy atom. The molecule has 1 aromatic rings. The summed E-state index contributed by atoms with van der Waals surface area (Å²) in [7, 11) is 0. The molecule has 0 saturated carbocycles. The summed E-state index contributed by atoms with van der Waals surface area (Å²) in [5.74, 6) is -0.103. The predicted octanol–water partition coefficient (Wildman–Crippen LogP) is 1.09. The van der Waals surface area contributed by atoms with Crippen LogP contribution in [0, 0.1) is 13.8 Å². The average molecular weight is 284 g/mol. The minimum absolute atomic E-state index is 0.103. The van der Waals surface area contributed by atoms with Crippen molar-refractivity contribution >= 4 is 17.7 Å². The standard InChI is InChI=1S/C13H24N4OS/c1-9-10(2)17(8-16-9)7-6-15-12(18)11(14)13(3,4)19-5/h8,11H,6-7,14H2,1-5H3,(H,15,18)/t11-/m1/s1. The fraction of sp³-hybridized carbons (Fsp3) is 0.692. The van der Waals surface area contributed by atoms with Crippen molar-refractivity contribution in [3.8, 4) is 0 Å². The number of aromatic nitrogens is 2. The summed E-state index contributed by atoms with van der Waals surface area (Å²) in [5, 5.41) is 2.88. The molecule has 0 aliphatic carbocycles. The van der Waals surface area contributed by atoms with E-state index in [0.717, 1.165) is 11.4 Å². The number of amides is 1. The fourth-order valence-corrected chi connectivity index (χ4v) is 1.98. The lowest BCUT2D eigenvalue weighted by atomic mass is 10.0. The molecule has 0 fully saturated rings. The summed E-state index contributed by atoms with van der Waals surface area (Å²) >= 11 is 1.60. The quantitative estimate of drug-likeness (QED) is 0.820. The van der Waals surface area contributed by atoms with Crippen molar-refractivity contribution in [3.63, 3.8) is 0 Å². The first-order valence-electron chi connectivity index (χ1n) is 6.36. The normalized spacial score (nSPS) is 13.4. The van der Waals surface area contributed by atoms with Crippen molar-refractivity contribution in [1.29, 1.82) is 0 Å². The van der Waals surface area contributed by atoms with Gasteiger partial charge in [0.2, 0.25) is 5.91 Å². The summed E-state index contributed by atoms with van der Waals surface area (Å²) in [6, 6.07) is -0.506. The lowest BCUT2D eigenvalue weighted by molar-refractivity contribution is -0.122. The van der Waals surface area contributed by atoms with Gasteiger partial charge in [-0.2, -0.15) is 11.8 Å². The van der Waals surface area contributed by atoms with E-state index < -0.39 is 6.04 Å². The van der Waals surface area contributed by atoms with E-state index in [0.29, 0.717) is 13.1 Å². The zero-order chi connectivity index (χ0) is 14.6. The van der Waals surface area contributed by atoms with E-state index in [1.807, 2.05) is 38.5 Å². The van der Waals surface area contributed by atoms with Gasteiger partial charge < -0.3 is 15.6 Å². The minimum Gasteiger partial charge on any atom is -0.353 e. The smallest absolute Gasteiger partial charge is 0.238 e. The average Bonchev–Trinajstić information content (AvgIpc) is 2.69. The number of carbonyl (C=O) groups is 1. The van der Waals surface area contributed by atoms with Crippen LogP contribution < -0.4 is 11.1 Å². The van der Waals surface area contributed by atoms with Crippen molar-refractivity contribution in [2.45, 2.75) is 45.0 Å². The van der Waals surface area contributed by atoms with E-state index in [-0.39, 0.29) is 10.7 Å². The monoisotopic (exact) mass is 284 g/mol. The van der Waals surface area contributed by atoms with E-state index in [2.05, 4.69) is 10.3 Å². The molecule has 0 unspecified atom stereocenters. The third kappa shape index (κ3) is 3.98. The molecule has 0 radical (unpaired) electrons. The summed E-state index contributed by atoms with van der Waals surface area (Å²) in [5.41, 5.74) is 8.11. The third-order valence-corrected chi connectivity index (χ3v) is 4.86. The highest BCUT2D eigenvalue weighted by molar-refractivity contribution is 8.00. The van der Waals surface area contributed by atoms with Crippen LogP contribution in [0.2, 0.25) is 0 Å². The number of carbonyl (C=O) groups excluding carboxylic acids is 1. The van der Waals surface area contributed by atoms with E-state index in [9.17, 15) is 4.79 Å². The van der Waals surface area contributed by atoms with Gasteiger partial charge in [-0.15, -0.1) is 0 Å². The molecule has 5 nitrogen and oxygen atoms in total. The zero-order valence-corrected chi connectivity index (χ0v) is 13.2. The van der Waals surface area contributed by atoms with E-state index in [4.69, 9.17) is 5.73 Å². The lowest BCUT2D eigenvalue weighted by Gasteiger charge is -2.28. The summed E-state index contributed by atoms with van der Waals surface area (Å²) < 4.78 is 1.77. The molecule has 0 aliphatic heterocycles. The minimum atomic E-state index is -0.506. The molecule has 1 heterocycles. The molecule has 19 heavy (non-hydrogen) atoms. The largest absolute Gasteiger partial charge is 0.353 e. The van der Waals surface area contributed by atoms with Crippen molar-refractivity contribution in [2.24, 2.45) is 5.73 Å². The number of imidazole rings is 1. The molecule has 108 valence electrons. The molecular weight excluding hydrogens is 260 g/mol. The molecule has 6 heteroatoms. The number of hydrogen-bond donors (Lipinski definition) is 2. The number of rotatable bonds is 6. The number of nitrogens with two attached hydrogens (primary N) is 1. The van der Waals surface area contributed by atoms with E-state index in [1.165, 1.54) is 0 Å². The maximum atomic E-state index is 12.0. The van der Waals surface area contributed by atoms with Crippen LogP contribution in [-0.2, 0) is 11.3 Å². The van der Waals surface area contributed by atoms with Crippen LogP contribution >= 0.6 is 11.8 Å². The van der Waals surface area contributed by atoms with Crippen molar-refractivity contribution in [3.05, 3.63) is 17.7 Å². The van der Waals surface area contributed by atoms with Crippen LogP contribution in [0.5, 0.6) is 0 Å². The van der Waals surface area contributed by atoms with Crippen LogP contribution in [0.15, 0.2) is 6.33 Å². The second-order valence-corrected chi connectivity index (χ2v) is 6.65. The Labute approximate surface area is 119 Å². The van der Waals surface area contributed by atoms with Crippen LogP contribution in [-0.4, -0.2) is 39.0 Å². The molecule has 1 aromatic heterocycles. The molecule has 0 spiro atoms. The summed E-state index contributed by atoms with van der Waals surface area (Å²) in [6.07, 6.45) is 3.76. The number of thioether (sulfide) groups is 1. The third-order valence-electron chi connectivity index (χ3n) is 3.55. The van der Waals surface area contributed by atoms with Gasteiger partial charge in [0.15, 0.2) is 0 Å². The topological polar surface area (TPSA) is 72.9 Å². The molecule has 0 bridgehead atoms. The number of nitrogens with zero attached hydrogens (tertiary/aromatic N) is 2. The van der Waals surface area contributed by atoms with Gasteiger partial charge in [-0.05, 0) is 34.0 Å². The molecular formula is C13H24N4OS. The molecule has 3 N–H and O–H groups in total. The summed E-state index contributed by atoms with van der Waals surface area (Å²) in [6.45, 7) is 9.23. The Morgan fingerprint density at radius 1 is 1.58 bits per heavy atom. The first-order valence-corrected chi connectivity index (χ1v) is 7.59. The van der Waals surface area contributed by atoms with Gasteiger partial charge >= 0.3 is 0 Å². The van der Waals surface area contributed by atoms with Gasteiger partial charge in [-0.3, -0.25) is 4.79 Å². The van der Waals surface area contributed by atoms with Gasteiger partial charge in [0.25, 0.3) is 0 Å². The fourth-order valence-electron chi connectivity index (χ4n) is 1.62. The van der Waals surface area contributed by atoms with Gasteiger partial charge in [0, 0.05) is 23.5 Å². The second-order valence-electron chi connectivity index (χ2n) is 5.19. The van der Waals surface area contributed by atoms with Gasteiger partial charge in [0.1, 0.15) is 0 Å². The highest BCUT2D eigenvalue weighted by Crippen LogP contribution is 2.24. The Hall–Kier alpha value is -1.01. The highest BCUT2D eigenvalue weighted by Gasteiger charge is 2.30. The Morgan fingerprint density at radius 3 is 2.68 bits per heavy atom. The van der Waals surface area contributed by atoms with E-state index in [1.54, 1.807) is 18.1 Å².